The SMILES string of the molecule is COC(CN)c1cncn1C(C)C. The van der Waals surface area contributed by atoms with Crippen molar-refractivity contribution in [3.63, 3.8) is 0 Å². The van der Waals surface area contributed by atoms with Crippen molar-refractivity contribution in [2.75, 3.05) is 13.7 Å². The van der Waals surface area contributed by atoms with Crippen molar-refractivity contribution in [2.24, 2.45) is 5.73 Å². The second kappa shape index (κ2) is 4.39. The third-order valence-electron chi connectivity index (χ3n) is 2.08. The topological polar surface area (TPSA) is 53.1 Å². The summed E-state index contributed by atoms with van der Waals surface area (Å²) in [5.74, 6) is 0. The summed E-state index contributed by atoms with van der Waals surface area (Å²) < 4.78 is 7.32. The Balaban J connectivity index is 2.91. The molecule has 1 unspecified atom stereocenters. The molecule has 2 N–H and O–H groups in total. The van der Waals surface area contributed by atoms with Gasteiger partial charge in [0.25, 0.3) is 0 Å². The Bertz CT molecular complexity index is 253. The van der Waals surface area contributed by atoms with Gasteiger partial charge < -0.3 is 15.0 Å². The molecular formula is C9H17N3O. The summed E-state index contributed by atoms with van der Waals surface area (Å²) >= 11 is 0. The number of rotatable bonds is 4. The van der Waals surface area contributed by atoms with Gasteiger partial charge in [0.15, 0.2) is 0 Å². The summed E-state index contributed by atoms with van der Waals surface area (Å²) in [7, 11) is 1.66. The van der Waals surface area contributed by atoms with E-state index in [1.807, 2.05) is 6.33 Å². The molecule has 1 rings (SSSR count). The van der Waals surface area contributed by atoms with Gasteiger partial charge in [0.2, 0.25) is 0 Å². The number of ether oxygens (including phenoxy) is 1. The lowest BCUT2D eigenvalue weighted by Crippen LogP contribution is -2.18. The predicted octanol–water partition coefficient (Wildman–Crippen LogP) is 1.11. The zero-order chi connectivity index (χ0) is 9.84. The maximum atomic E-state index is 5.58. The van der Waals surface area contributed by atoms with Crippen LogP contribution in [-0.4, -0.2) is 23.2 Å². The predicted molar refractivity (Wildman–Crippen MR) is 51.4 cm³/mol. The van der Waals surface area contributed by atoms with Crippen molar-refractivity contribution in [3.8, 4) is 0 Å². The zero-order valence-electron chi connectivity index (χ0n) is 8.40. The van der Waals surface area contributed by atoms with Crippen LogP contribution in [0.4, 0.5) is 0 Å². The van der Waals surface area contributed by atoms with E-state index in [2.05, 4.69) is 23.4 Å². The molecule has 0 aliphatic carbocycles. The van der Waals surface area contributed by atoms with Crippen LogP contribution in [0.5, 0.6) is 0 Å². The van der Waals surface area contributed by atoms with Gasteiger partial charge in [-0.1, -0.05) is 0 Å². The van der Waals surface area contributed by atoms with Crippen molar-refractivity contribution in [2.45, 2.75) is 26.0 Å². The molecule has 0 saturated carbocycles. The maximum Gasteiger partial charge on any atom is 0.111 e. The van der Waals surface area contributed by atoms with Crippen LogP contribution in [-0.2, 0) is 4.74 Å². The Morgan fingerprint density at radius 2 is 2.31 bits per heavy atom. The van der Waals surface area contributed by atoms with Crippen LogP contribution in [0.1, 0.15) is 31.7 Å². The fourth-order valence-electron chi connectivity index (χ4n) is 1.33. The van der Waals surface area contributed by atoms with Gasteiger partial charge in [-0.2, -0.15) is 0 Å². The summed E-state index contributed by atoms with van der Waals surface area (Å²) in [6.07, 6.45) is 3.56. The monoisotopic (exact) mass is 183 g/mol. The Morgan fingerprint density at radius 3 is 2.77 bits per heavy atom. The molecule has 74 valence electrons. The van der Waals surface area contributed by atoms with Crippen molar-refractivity contribution in [1.29, 1.82) is 0 Å². The lowest BCUT2D eigenvalue weighted by atomic mass is 10.2. The minimum absolute atomic E-state index is 0.0510. The molecule has 0 aromatic carbocycles. The van der Waals surface area contributed by atoms with E-state index in [-0.39, 0.29) is 6.10 Å². The highest BCUT2D eigenvalue weighted by Crippen LogP contribution is 2.18. The van der Waals surface area contributed by atoms with Gasteiger partial charge in [-0.15, -0.1) is 0 Å². The highest BCUT2D eigenvalue weighted by Gasteiger charge is 2.14. The van der Waals surface area contributed by atoms with Crippen molar-refractivity contribution < 1.29 is 4.74 Å². The Kier molecular flexibility index (Phi) is 3.45. The van der Waals surface area contributed by atoms with Crippen LogP contribution >= 0.6 is 0 Å². The maximum absolute atomic E-state index is 5.58. The molecule has 13 heavy (non-hydrogen) atoms. The van der Waals surface area contributed by atoms with Crippen LogP contribution in [0.15, 0.2) is 12.5 Å². The fourth-order valence-corrected chi connectivity index (χ4v) is 1.33. The summed E-state index contributed by atoms with van der Waals surface area (Å²) in [6.45, 7) is 4.69. The number of imidazole rings is 1. The molecular weight excluding hydrogens is 166 g/mol. The first-order chi connectivity index (χ1) is 6.20. The fraction of sp³-hybridized carbons (Fsp3) is 0.667. The zero-order valence-corrected chi connectivity index (χ0v) is 8.40. The molecule has 0 bridgehead atoms. The van der Waals surface area contributed by atoms with Gasteiger partial charge in [-0.05, 0) is 13.8 Å². The minimum atomic E-state index is -0.0510. The molecule has 0 amide bonds. The summed E-state index contributed by atoms with van der Waals surface area (Å²) in [5.41, 5.74) is 6.62. The summed E-state index contributed by atoms with van der Waals surface area (Å²) in [4.78, 5) is 4.09. The molecule has 0 saturated heterocycles. The highest BCUT2D eigenvalue weighted by molar-refractivity contribution is 5.04. The number of nitrogens with two attached hydrogens (primary N) is 1. The van der Waals surface area contributed by atoms with Crippen LogP contribution in [0.25, 0.3) is 0 Å². The largest absolute Gasteiger partial charge is 0.374 e. The van der Waals surface area contributed by atoms with E-state index in [0.29, 0.717) is 12.6 Å². The van der Waals surface area contributed by atoms with Gasteiger partial charge in [0.1, 0.15) is 6.10 Å². The lowest BCUT2D eigenvalue weighted by molar-refractivity contribution is 0.103. The molecule has 0 radical (unpaired) electrons. The average Bonchev–Trinajstić information content (AvgIpc) is 2.55. The molecule has 4 nitrogen and oxygen atoms in total. The smallest absolute Gasteiger partial charge is 0.111 e. The number of hydrogen-bond acceptors (Lipinski definition) is 3. The van der Waals surface area contributed by atoms with Crippen LogP contribution in [0.2, 0.25) is 0 Å². The van der Waals surface area contributed by atoms with Gasteiger partial charge in [-0.3, -0.25) is 0 Å². The molecule has 0 fully saturated rings. The number of methoxy groups -OCH3 is 1. The van der Waals surface area contributed by atoms with Gasteiger partial charge in [0.05, 0.1) is 18.2 Å². The average molecular weight is 183 g/mol. The first kappa shape index (κ1) is 10.2. The molecule has 0 aliphatic heterocycles. The Labute approximate surface area is 78.7 Å². The highest BCUT2D eigenvalue weighted by atomic mass is 16.5. The van der Waals surface area contributed by atoms with E-state index in [4.69, 9.17) is 10.5 Å². The minimum Gasteiger partial charge on any atom is -0.374 e. The number of nitrogens with zero attached hydrogens (tertiary/aromatic N) is 2. The Hall–Kier alpha value is -0.870. The first-order valence-corrected chi connectivity index (χ1v) is 4.45. The molecule has 0 spiro atoms. The molecule has 4 heteroatoms. The molecule has 1 aromatic rings. The third-order valence-corrected chi connectivity index (χ3v) is 2.08. The van der Waals surface area contributed by atoms with Crippen LogP contribution in [0, 0.1) is 0 Å². The van der Waals surface area contributed by atoms with Crippen LogP contribution in [0.3, 0.4) is 0 Å². The van der Waals surface area contributed by atoms with Crippen LogP contribution < -0.4 is 5.73 Å². The van der Waals surface area contributed by atoms with Gasteiger partial charge in [-0.25, -0.2) is 4.98 Å². The Morgan fingerprint density at radius 1 is 1.62 bits per heavy atom. The third kappa shape index (κ3) is 2.08. The second-order valence-corrected chi connectivity index (χ2v) is 3.28. The van der Waals surface area contributed by atoms with E-state index in [1.165, 1.54) is 0 Å². The van der Waals surface area contributed by atoms with E-state index in [0.717, 1.165) is 5.69 Å². The quantitative estimate of drug-likeness (QED) is 0.760. The van der Waals surface area contributed by atoms with Crippen molar-refractivity contribution in [3.05, 3.63) is 18.2 Å². The van der Waals surface area contributed by atoms with Gasteiger partial charge in [0, 0.05) is 19.7 Å². The molecule has 0 aliphatic rings. The number of hydrogen-bond donors (Lipinski definition) is 1. The van der Waals surface area contributed by atoms with E-state index >= 15 is 0 Å². The van der Waals surface area contributed by atoms with Crippen molar-refractivity contribution >= 4 is 0 Å². The van der Waals surface area contributed by atoms with E-state index < -0.39 is 0 Å². The van der Waals surface area contributed by atoms with Gasteiger partial charge >= 0.3 is 0 Å². The lowest BCUT2D eigenvalue weighted by Gasteiger charge is -2.17. The first-order valence-electron chi connectivity index (χ1n) is 4.45. The van der Waals surface area contributed by atoms with Crippen molar-refractivity contribution in [1.82, 2.24) is 9.55 Å². The molecule has 1 aromatic heterocycles. The number of aromatic nitrogens is 2. The summed E-state index contributed by atoms with van der Waals surface area (Å²) in [5, 5.41) is 0. The summed E-state index contributed by atoms with van der Waals surface area (Å²) in [6, 6.07) is 0.390. The molecule has 1 heterocycles. The van der Waals surface area contributed by atoms with E-state index in [9.17, 15) is 0 Å². The normalized spacial score (nSPS) is 13.6. The standard InChI is InChI=1S/C9H17N3O/c1-7(2)12-6-11-5-8(12)9(4-10)13-3/h5-7,9H,4,10H2,1-3H3. The molecule has 1 atom stereocenters. The van der Waals surface area contributed by atoms with E-state index in [1.54, 1.807) is 13.3 Å². The second-order valence-electron chi connectivity index (χ2n) is 3.28.